The fourth-order valence-electron chi connectivity index (χ4n) is 1.50. The summed E-state index contributed by atoms with van der Waals surface area (Å²) in [6.45, 7) is 1.79. The number of carbonyl (C=O) groups excluding carboxylic acids is 2. The summed E-state index contributed by atoms with van der Waals surface area (Å²) in [4.78, 5) is 37.5. The Morgan fingerprint density at radius 1 is 1.39 bits per heavy atom. The van der Waals surface area contributed by atoms with Crippen LogP contribution in [0.4, 0.5) is 0 Å². The molecule has 18 heavy (non-hydrogen) atoms. The highest BCUT2D eigenvalue weighted by Gasteiger charge is 2.14. The lowest BCUT2D eigenvalue weighted by Gasteiger charge is -2.15. The third-order valence-electron chi connectivity index (χ3n) is 2.55. The quantitative estimate of drug-likeness (QED) is 0.743. The number of aliphatic carboxylic acids is 1. The van der Waals surface area contributed by atoms with Gasteiger partial charge in [-0.1, -0.05) is 0 Å². The molecule has 0 aliphatic rings. The van der Waals surface area contributed by atoms with Gasteiger partial charge in [-0.05, 0) is 19.4 Å². The Hall–Kier alpha value is -2.11. The monoisotopic (exact) mass is 252 g/mol. The summed E-state index contributed by atoms with van der Waals surface area (Å²) < 4.78 is 0. The molecule has 98 valence electrons. The molecule has 0 aromatic carbocycles. The minimum Gasteiger partial charge on any atom is -0.481 e. The Balaban J connectivity index is 2.57. The van der Waals surface area contributed by atoms with Crippen molar-refractivity contribution < 1.29 is 19.5 Å². The second-order valence-electron chi connectivity index (χ2n) is 4.08. The second-order valence-corrected chi connectivity index (χ2v) is 4.08. The molecule has 1 rings (SSSR count). The number of carboxylic acids is 1. The molecule has 0 unspecified atom stereocenters. The fourth-order valence-corrected chi connectivity index (χ4v) is 1.50. The maximum atomic E-state index is 11.9. The largest absolute Gasteiger partial charge is 0.481 e. The number of nitrogens with one attached hydrogen (secondary N) is 1. The number of amides is 1. The zero-order chi connectivity index (χ0) is 13.7. The molecule has 0 saturated heterocycles. The number of hydrogen-bond donors (Lipinski definition) is 2. The molecule has 6 heteroatoms. The highest BCUT2D eigenvalue weighted by Crippen LogP contribution is 2.07. The van der Waals surface area contributed by atoms with Crippen molar-refractivity contribution in [1.82, 2.24) is 9.88 Å². The number of rotatable bonds is 6. The Kier molecular flexibility index (Phi) is 4.65. The van der Waals surface area contributed by atoms with Crippen molar-refractivity contribution in [3.63, 3.8) is 0 Å². The SMILES string of the molecule is CC(=O)c1c[nH]c(C(=O)N(C)CCCC(=O)O)c1. The molecule has 0 atom stereocenters. The molecule has 1 amide bonds. The van der Waals surface area contributed by atoms with Crippen molar-refractivity contribution in [2.75, 3.05) is 13.6 Å². The van der Waals surface area contributed by atoms with Crippen LogP contribution in [0.5, 0.6) is 0 Å². The van der Waals surface area contributed by atoms with Crippen molar-refractivity contribution in [2.24, 2.45) is 0 Å². The van der Waals surface area contributed by atoms with E-state index in [1.807, 2.05) is 0 Å². The maximum Gasteiger partial charge on any atom is 0.303 e. The zero-order valence-corrected chi connectivity index (χ0v) is 10.4. The topological polar surface area (TPSA) is 90.5 Å². The number of ketones is 1. The van der Waals surface area contributed by atoms with E-state index < -0.39 is 5.97 Å². The van der Waals surface area contributed by atoms with E-state index in [4.69, 9.17) is 5.11 Å². The summed E-state index contributed by atoms with van der Waals surface area (Å²) in [5.41, 5.74) is 0.787. The van der Waals surface area contributed by atoms with Gasteiger partial charge in [-0.25, -0.2) is 0 Å². The van der Waals surface area contributed by atoms with Crippen molar-refractivity contribution in [1.29, 1.82) is 0 Å². The van der Waals surface area contributed by atoms with Gasteiger partial charge in [-0.2, -0.15) is 0 Å². The van der Waals surface area contributed by atoms with Crippen LogP contribution in [0, 0.1) is 0 Å². The molecule has 0 bridgehead atoms. The number of aromatic amines is 1. The molecule has 0 spiro atoms. The first-order chi connectivity index (χ1) is 8.41. The second kappa shape index (κ2) is 6.00. The minimum atomic E-state index is -0.880. The van der Waals surface area contributed by atoms with Gasteiger partial charge in [0.1, 0.15) is 5.69 Å². The molecule has 1 aromatic rings. The fraction of sp³-hybridized carbons (Fsp3) is 0.417. The summed E-state index contributed by atoms with van der Waals surface area (Å²) in [5.74, 6) is -1.25. The number of carboxylic acid groups (broad SMARTS) is 1. The third-order valence-corrected chi connectivity index (χ3v) is 2.55. The lowest BCUT2D eigenvalue weighted by atomic mass is 10.2. The zero-order valence-electron chi connectivity index (χ0n) is 10.4. The standard InChI is InChI=1S/C12H16N2O4/c1-8(15)9-6-10(13-7-9)12(18)14(2)5-3-4-11(16)17/h6-7,13H,3-5H2,1-2H3,(H,16,17). The van der Waals surface area contributed by atoms with E-state index in [0.29, 0.717) is 24.2 Å². The molecule has 1 aromatic heterocycles. The lowest BCUT2D eigenvalue weighted by Crippen LogP contribution is -2.28. The number of aromatic nitrogens is 1. The first kappa shape index (κ1) is 14.0. The van der Waals surface area contributed by atoms with Crippen molar-refractivity contribution in [2.45, 2.75) is 19.8 Å². The average molecular weight is 252 g/mol. The average Bonchev–Trinajstić information content (AvgIpc) is 2.76. The molecule has 1 heterocycles. The normalized spacial score (nSPS) is 10.1. The van der Waals surface area contributed by atoms with Crippen LogP contribution < -0.4 is 0 Å². The van der Waals surface area contributed by atoms with Gasteiger partial charge in [0.05, 0.1) is 0 Å². The van der Waals surface area contributed by atoms with E-state index in [-0.39, 0.29) is 18.1 Å². The van der Waals surface area contributed by atoms with Gasteiger partial charge in [-0.3, -0.25) is 14.4 Å². The number of carbonyl (C=O) groups is 3. The minimum absolute atomic E-state index is 0.0288. The van der Waals surface area contributed by atoms with Gasteiger partial charge in [0.25, 0.3) is 5.91 Å². The molecule has 6 nitrogen and oxygen atoms in total. The third kappa shape index (κ3) is 3.73. The van der Waals surface area contributed by atoms with Crippen LogP contribution in [0.3, 0.4) is 0 Å². The number of Topliss-reactive ketones (excluding diaryl/α,β-unsaturated/α-hetero) is 1. The van der Waals surface area contributed by atoms with Gasteiger partial charge in [-0.15, -0.1) is 0 Å². The van der Waals surface area contributed by atoms with Crippen LogP contribution in [-0.2, 0) is 4.79 Å². The van der Waals surface area contributed by atoms with Crippen LogP contribution in [0.2, 0.25) is 0 Å². The van der Waals surface area contributed by atoms with Crippen molar-refractivity contribution in [3.8, 4) is 0 Å². The highest BCUT2D eigenvalue weighted by molar-refractivity contribution is 5.98. The van der Waals surface area contributed by atoms with E-state index in [0.717, 1.165) is 0 Å². The van der Waals surface area contributed by atoms with Crippen LogP contribution >= 0.6 is 0 Å². The summed E-state index contributed by atoms with van der Waals surface area (Å²) in [6.07, 6.45) is 1.92. The molecule has 0 aliphatic carbocycles. The molecule has 0 aliphatic heterocycles. The predicted octanol–water partition coefficient (Wildman–Crippen LogP) is 1.15. The molecule has 0 fully saturated rings. The predicted molar refractivity (Wildman–Crippen MR) is 64.6 cm³/mol. The summed E-state index contributed by atoms with van der Waals surface area (Å²) >= 11 is 0. The lowest BCUT2D eigenvalue weighted by molar-refractivity contribution is -0.137. The van der Waals surface area contributed by atoms with E-state index in [1.54, 1.807) is 7.05 Å². The highest BCUT2D eigenvalue weighted by atomic mass is 16.4. The van der Waals surface area contributed by atoms with E-state index in [1.165, 1.54) is 24.1 Å². The Morgan fingerprint density at radius 2 is 2.06 bits per heavy atom. The first-order valence-corrected chi connectivity index (χ1v) is 5.58. The van der Waals surface area contributed by atoms with Crippen LogP contribution in [-0.4, -0.2) is 46.2 Å². The smallest absolute Gasteiger partial charge is 0.303 e. The van der Waals surface area contributed by atoms with E-state index >= 15 is 0 Å². The summed E-state index contributed by atoms with van der Waals surface area (Å²) in [7, 11) is 1.60. The molecule has 0 radical (unpaired) electrons. The van der Waals surface area contributed by atoms with Crippen LogP contribution in [0.1, 0.15) is 40.6 Å². The van der Waals surface area contributed by atoms with E-state index in [2.05, 4.69) is 4.98 Å². The number of nitrogens with zero attached hydrogens (tertiary/aromatic N) is 1. The summed E-state index contributed by atoms with van der Waals surface area (Å²) in [5, 5.41) is 8.50. The van der Waals surface area contributed by atoms with Gasteiger partial charge >= 0.3 is 5.97 Å². The molecular weight excluding hydrogens is 236 g/mol. The van der Waals surface area contributed by atoms with Crippen molar-refractivity contribution >= 4 is 17.7 Å². The maximum absolute atomic E-state index is 11.9. The number of hydrogen-bond acceptors (Lipinski definition) is 3. The van der Waals surface area contributed by atoms with Gasteiger partial charge in [0.2, 0.25) is 0 Å². The number of H-pyrrole nitrogens is 1. The van der Waals surface area contributed by atoms with Crippen LogP contribution in [0.15, 0.2) is 12.3 Å². The van der Waals surface area contributed by atoms with Gasteiger partial charge in [0, 0.05) is 31.8 Å². The molecular formula is C12H16N2O4. The van der Waals surface area contributed by atoms with Gasteiger partial charge in [0.15, 0.2) is 5.78 Å². The Bertz CT molecular complexity index is 464. The molecule has 0 saturated carbocycles. The summed E-state index contributed by atoms with van der Waals surface area (Å²) in [6, 6.07) is 1.50. The first-order valence-electron chi connectivity index (χ1n) is 5.58. The van der Waals surface area contributed by atoms with Crippen LogP contribution in [0.25, 0.3) is 0 Å². The molecule has 2 N–H and O–H groups in total. The van der Waals surface area contributed by atoms with Gasteiger partial charge < -0.3 is 15.0 Å². The Morgan fingerprint density at radius 3 is 2.56 bits per heavy atom. The van der Waals surface area contributed by atoms with Crippen molar-refractivity contribution in [3.05, 3.63) is 23.5 Å². The Labute approximate surface area is 105 Å². The van der Waals surface area contributed by atoms with E-state index in [9.17, 15) is 14.4 Å².